The summed E-state index contributed by atoms with van der Waals surface area (Å²) in [6.07, 6.45) is 0. The molecule has 0 saturated carbocycles. The van der Waals surface area contributed by atoms with E-state index < -0.39 is 0 Å². The molecule has 0 atom stereocenters. The van der Waals surface area contributed by atoms with E-state index in [1.807, 2.05) is 25.1 Å². The number of hydrogen-bond donors (Lipinski definition) is 2. The minimum Gasteiger partial charge on any atom is -0.494 e. The summed E-state index contributed by atoms with van der Waals surface area (Å²) < 4.78 is 1.29. The smallest absolute Gasteiger partial charge is 0.217 e. The number of halogens is 1. The molecule has 0 aliphatic rings. The van der Waals surface area contributed by atoms with Gasteiger partial charge in [-0.2, -0.15) is 0 Å². The number of benzene rings is 1. The summed E-state index contributed by atoms with van der Waals surface area (Å²) in [4.78, 5) is 0. The van der Waals surface area contributed by atoms with E-state index in [4.69, 9.17) is 11.6 Å². The fourth-order valence-corrected chi connectivity index (χ4v) is 1.66. The highest BCUT2D eigenvalue weighted by atomic mass is 35.5. The van der Waals surface area contributed by atoms with Crippen LogP contribution < -0.4 is 0 Å². The summed E-state index contributed by atoms with van der Waals surface area (Å²) in [6, 6.07) is 8.71. The maximum atomic E-state index is 9.63. The van der Waals surface area contributed by atoms with Crippen molar-refractivity contribution in [2.45, 2.75) is 6.92 Å². The Bertz CT molecular complexity index is 505. The van der Waals surface area contributed by atoms with Crippen molar-refractivity contribution in [1.29, 1.82) is 0 Å². The van der Waals surface area contributed by atoms with E-state index in [9.17, 15) is 10.2 Å². The van der Waals surface area contributed by atoms with Gasteiger partial charge in [0, 0.05) is 6.07 Å². The van der Waals surface area contributed by atoms with E-state index in [2.05, 4.69) is 0 Å². The van der Waals surface area contributed by atoms with Gasteiger partial charge in [0.05, 0.1) is 5.69 Å². The van der Waals surface area contributed by atoms with Gasteiger partial charge in [-0.05, 0) is 24.6 Å². The molecule has 1 aromatic heterocycles. The van der Waals surface area contributed by atoms with Crippen molar-refractivity contribution in [3.63, 3.8) is 0 Å². The molecule has 0 unspecified atom stereocenters. The Balaban J connectivity index is 2.63. The summed E-state index contributed by atoms with van der Waals surface area (Å²) in [5.41, 5.74) is 1.72. The third-order valence-electron chi connectivity index (χ3n) is 2.17. The summed E-state index contributed by atoms with van der Waals surface area (Å²) in [5, 5.41) is 19.3. The van der Waals surface area contributed by atoms with Crippen LogP contribution in [-0.2, 0) is 0 Å². The first kappa shape index (κ1) is 9.93. The highest BCUT2D eigenvalue weighted by Gasteiger charge is 2.13. The van der Waals surface area contributed by atoms with Crippen molar-refractivity contribution in [3.8, 4) is 17.4 Å². The Morgan fingerprint density at radius 1 is 1.20 bits per heavy atom. The van der Waals surface area contributed by atoms with Crippen molar-refractivity contribution in [2.24, 2.45) is 0 Å². The minimum absolute atomic E-state index is 0.0805. The van der Waals surface area contributed by atoms with Gasteiger partial charge >= 0.3 is 0 Å². The van der Waals surface area contributed by atoms with E-state index in [-0.39, 0.29) is 16.8 Å². The van der Waals surface area contributed by atoms with Gasteiger partial charge in [-0.3, -0.25) is 4.57 Å². The zero-order chi connectivity index (χ0) is 11.0. The lowest BCUT2D eigenvalue weighted by Gasteiger charge is -2.07. The van der Waals surface area contributed by atoms with Crippen molar-refractivity contribution in [2.75, 3.05) is 0 Å². The summed E-state index contributed by atoms with van der Waals surface area (Å²) >= 11 is 5.69. The molecular weight excluding hydrogens is 214 g/mol. The first-order valence-corrected chi connectivity index (χ1v) is 4.83. The summed E-state index contributed by atoms with van der Waals surface area (Å²) in [5.74, 6) is -0.233. The molecule has 2 aromatic rings. The SMILES string of the molecule is Cc1cccc(-n2c(O)cc(Cl)c2O)c1. The maximum Gasteiger partial charge on any atom is 0.217 e. The van der Waals surface area contributed by atoms with Crippen LogP contribution in [0.3, 0.4) is 0 Å². The van der Waals surface area contributed by atoms with Crippen LogP contribution in [0, 0.1) is 6.92 Å². The molecule has 0 amide bonds. The van der Waals surface area contributed by atoms with Gasteiger partial charge in [0.25, 0.3) is 0 Å². The number of aryl methyl sites for hydroxylation is 1. The number of aromatic nitrogens is 1. The van der Waals surface area contributed by atoms with Crippen molar-refractivity contribution in [3.05, 3.63) is 40.9 Å². The van der Waals surface area contributed by atoms with E-state index in [1.165, 1.54) is 10.6 Å². The zero-order valence-corrected chi connectivity index (χ0v) is 8.86. The molecule has 0 aliphatic heterocycles. The monoisotopic (exact) mass is 223 g/mol. The Kier molecular flexibility index (Phi) is 2.32. The van der Waals surface area contributed by atoms with Crippen molar-refractivity contribution >= 4 is 11.6 Å². The van der Waals surface area contributed by atoms with Gasteiger partial charge in [-0.25, -0.2) is 0 Å². The number of hydrogen-bond acceptors (Lipinski definition) is 2. The van der Waals surface area contributed by atoms with Gasteiger partial charge in [0.1, 0.15) is 5.02 Å². The number of nitrogens with zero attached hydrogens (tertiary/aromatic N) is 1. The molecule has 2 rings (SSSR count). The molecule has 2 N–H and O–H groups in total. The lowest BCUT2D eigenvalue weighted by Crippen LogP contribution is -1.92. The van der Waals surface area contributed by atoms with Crippen LogP contribution in [0.15, 0.2) is 30.3 Å². The fraction of sp³-hybridized carbons (Fsp3) is 0.0909. The lowest BCUT2D eigenvalue weighted by atomic mass is 10.2. The lowest BCUT2D eigenvalue weighted by molar-refractivity contribution is 0.402. The molecule has 0 fully saturated rings. The second kappa shape index (κ2) is 3.51. The average molecular weight is 224 g/mol. The molecule has 0 radical (unpaired) electrons. The summed E-state index contributed by atoms with van der Waals surface area (Å²) in [6.45, 7) is 1.93. The van der Waals surface area contributed by atoms with E-state index in [1.54, 1.807) is 6.07 Å². The predicted molar refractivity (Wildman–Crippen MR) is 58.8 cm³/mol. The molecule has 78 valence electrons. The number of rotatable bonds is 1. The van der Waals surface area contributed by atoms with Crippen LogP contribution in [0.2, 0.25) is 5.02 Å². The van der Waals surface area contributed by atoms with E-state index in [0.29, 0.717) is 5.69 Å². The Morgan fingerprint density at radius 3 is 2.47 bits per heavy atom. The van der Waals surface area contributed by atoms with E-state index >= 15 is 0 Å². The molecule has 0 spiro atoms. The molecule has 4 heteroatoms. The highest BCUT2D eigenvalue weighted by molar-refractivity contribution is 6.32. The predicted octanol–water partition coefficient (Wildman–Crippen LogP) is 2.85. The van der Waals surface area contributed by atoms with Crippen molar-refractivity contribution < 1.29 is 10.2 Å². The maximum absolute atomic E-state index is 9.63. The molecule has 0 aliphatic carbocycles. The Morgan fingerprint density at radius 2 is 1.93 bits per heavy atom. The average Bonchev–Trinajstić information content (AvgIpc) is 2.41. The van der Waals surface area contributed by atoms with E-state index in [0.717, 1.165) is 5.56 Å². The van der Waals surface area contributed by atoms with Crippen LogP contribution in [0.1, 0.15) is 5.56 Å². The van der Waals surface area contributed by atoms with Crippen LogP contribution in [0.5, 0.6) is 11.8 Å². The van der Waals surface area contributed by atoms with Gasteiger partial charge in [-0.15, -0.1) is 0 Å². The minimum atomic E-state index is -0.153. The first-order valence-electron chi connectivity index (χ1n) is 4.46. The molecular formula is C11H10ClNO2. The highest BCUT2D eigenvalue weighted by Crippen LogP contribution is 2.34. The molecule has 1 aromatic carbocycles. The third-order valence-corrected chi connectivity index (χ3v) is 2.45. The Labute approximate surface area is 92.2 Å². The third kappa shape index (κ3) is 1.66. The van der Waals surface area contributed by atoms with Gasteiger partial charge in [0.15, 0.2) is 5.88 Å². The summed E-state index contributed by atoms with van der Waals surface area (Å²) in [7, 11) is 0. The molecule has 3 nitrogen and oxygen atoms in total. The second-order valence-corrected chi connectivity index (χ2v) is 3.76. The quantitative estimate of drug-likeness (QED) is 0.781. The first-order chi connectivity index (χ1) is 7.09. The van der Waals surface area contributed by atoms with Crippen molar-refractivity contribution in [1.82, 2.24) is 4.57 Å². The van der Waals surface area contributed by atoms with Crippen LogP contribution >= 0.6 is 11.6 Å². The molecule has 1 heterocycles. The molecule has 0 bridgehead atoms. The van der Waals surface area contributed by atoms with Crippen LogP contribution in [0.4, 0.5) is 0 Å². The van der Waals surface area contributed by atoms with Gasteiger partial charge in [-0.1, -0.05) is 23.7 Å². The molecule has 0 saturated heterocycles. The normalized spacial score (nSPS) is 10.5. The van der Waals surface area contributed by atoms with Gasteiger partial charge < -0.3 is 10.2 Å². The second-order valence-electron chi connectivity index (χ2n) is 3.35. The molecule has 15 heavy (non-hydrogen) atoms. The van der Waals surface area contributed by atoms with Gasteiger partial charge in [0.2, 0.25) is 5.88 Å². The fourth-order valence-electron chi connectivity index (χ4n) is 1.48. The van der Waals surface area contributed by atoms with Crippen LogP contribution in [0.25, 0.3) is 5.69 Å². The Hall–Kier alpha value is -1.61. The zero-order valence-electron chi connectivity index (χ0n) is 8.11. The topological polar surface area (TPSA) is 45.4 Å². The number of aromatic hydroxyl groups is 2. The van der Waals surface area contributed by atoms with Crippen LogP contribution in [-0.4, -0.2) is 14.8 Å². The standard InChI is InChI=1S/C11H10ClNO2/c1-7-3-2-4-8(5-7)13-10(14)6-9(12)11(13)15/h2-6,14-15H,1H3. The largest absolute Gasteiger partial charge is 0.494 e.